The zero-order valence-electron chi connectivity index (χ0n) is 13.6. The predicted molar refractivity (Wildman–Crippen MR) is 94.2 cm³/mol. The lowest BCUT2D eigenvalue weighted by Crippen LogP contribution is -2.43. The molecule has 5 nitrogen and oxygen atoms in total. The fourth-order valence-electron chi connectivity index (χ4n) is 3.10. The Bertz CT molecular complexity index is 797. The van der Waals surface area contributed by atoms with Crippen LogP contribution in [0.4, 0.5) is 5.82 Å². The lowest BCUT2D eigenvalue weighted by Gasteiger charge is -2.31. The van der Waals surface area contributed by atoms with E-state index in [1.165, 1.54) is 5.39 Å². The van der Waals surface area contributed by atoms with Crippen LogP contribution in [0.25, 0.3) is 10.8 Å². The van der Waals surface area contributed by atoms with Crippen molar-refractivity contribution in [2.75, 3.05) is 24.2 Å². The van der Waals surface area contributed by atoms with Crippen LogP contribution in [0.5, 0.6) is 0 Å². The van der Waals surface area contributed by atoms with Gasteiger partial charge in [0.2, 0.25) is 10.0 Å². The van der Waals surface area contributed by atoms with Crippen molar-refractivity contribution < 1.29 is 8.42 Å². The van der Waals surface area contributed by atoms with Crippen molar-refractivity contribution in [2.45, 2.75) is 32.7 Å². The first-order valence-corrected chi connectivity index (χ1v) is 9.71. The van der Waals surface area contributed by atoms with E-state index in [0.29, 0.717) is 13.1 Å². The molecule has 0 spiro atoms. The van der Waals surface area contributed by atoms with Gasteiger partial charge in [-0.25, -0.2) is 17.7 Å². The molecule has 0 unspecified atom stereocenters. The van der Waals surface area contributed by atoms with Crippen molar-refractivity contribution in [1.82, 2.24) is 9.29 Å². The Morgan fingerprint density at radius 3 is 2.65 bits per heavy atom. The number of anilines is 1. The first-order chi connectivity index (χ1) is 11.0. The molecule has 0 atom stereocenters. The summed E-state index contributed by atoms with van der Waals surface area (Å²) in [6, 6.07) is 10.5. The molecule has 1 aliphatic heterocycles. The minimum absolute atomic E-state index is 0.176. The van der Waals surface area contributed by atoms with E-state index >= 15 is 0 Å². The minimum Gasteiger partial charge on any atom is -0.367 e. The van der Waals surface area contributed by atoms with Gasteiger partial charge in [-0.15, -0.1) is 0 Å². The van der Waals surface area contributed by atoms with Crippen molar-refractivity contribution >= 4 is 26.6 Å². The second-order valence-corrected chi connectivity index (χ2v) is 8.31. The summed E-state index contributed by atoms with van der Waals surface area (Å²) in [6.07, 6.45) is 1.62. The van der Waals surface area contributed by atoms with Gasteiger partial charge in [0.25, 0.3) is 0 Å². The third-order valence-electron chi connectivity index (χ3n) is 4.42. The van der Waals surface area contributed by atoms with E-state index in [4.69, 9.17) is 0 Å². The summed E-state index contributed by atoms with van der Waals surface area (Å²) >= 11 is 0. The molecule has 3 rings (SSSR count). The van der Waals surface area contributed by atoms with Gasteiger partial charge in [0.15, 0.2) is 0 Å². The number of hydrogen-bond acceptors (Lipinski definition) is 4. The molecule has 23 heavy (non-hydrogen) atoms. The number of fused-ring (bicyclic) bond motifs is 1. The molecular weight excluding hydrogens is 310 g/mol. The Morgan fingerprint density at radius 1 is 1.26 bits per heavy atom. The fraction of sp³-hybridized carbons (Fsp3) is 0.471. The summed E-state index contributed by atoms with van der Waals surface area (Å²) in [4.78, 5) is 4.64. The zero-order chi connectivity index (χ0) is 16.4. The highest BCUT2D eigenvalue weighted by molar-refractivity contribution is 7.89. The monoisotopic (exact) mass is 333 g/mol. The number of piperidine rings is 1. The number of rotatable bonds is 4. The summed E-state index contributed by atoms with van der Waals surface area (Å²) in [7, 11) is -3.07. The molecule has 124 valence electrons. The van der Waals surface area contributed by atoms with Crippen LogP contribution in [0.2, 0.25) is 0 Å². The molecule has 1 saturated heterocycles. The Hall–Kier alpha value is -1.66. The molecule has 0 bridgehead atoms. The summed E-state index contributed by atoms with van der Waals surface area (Å²) in [6.45, 7) is 4.85. The number of nitrogens with one attached hydrogen (secondary N) is 1. The third-order valence-corrected chi connectivity index (χ3v) is 6.30. The highest BCUT2D eigenvalue weighted by Gasteiger charge is 2.26. The van der Waals surface area contributed by atoms with Gasteiger partial charge in [0.05, 0.1) is 5.75 Å². The van der Waals surface area contributed by atoms with Crippen LogP contribution in [-0.2, 0) is 10.0 Å². The van der Waals surface area contributed by atoms with Crippen LogP contribution in [0, 0.1) is 6.92 Å². The molecule has 1 aromatic carbocycles. The topological polar surface area (TPSA) is 62.3 Å². The van der Waals surface area contributed by atoms with Crippen LogP contribution < -0.4 is 5.32 Å². The van der Waals surface area contributed by atoms with Gasteiger partial charge in [-0.3, -0.25) is 0 Å². The lowest BCUT2D eigenvalue weighted by molar-refractivity contribution is 0.330. The maximum atomic E-state index is 11.9. The van der Waals surface area contributed by atoms with Gasteiger partial charge in [-0.05, 0) is 38.1 Å². The van der Waals surface area contributed by atoms with Crippen LogP contribution in [-0.4, -0.2) is 42.6 Å². The van der Waals surface area contributed by atoms with Gasteiger partial charge < -0.3 is 5.32 Å². The molecule has 0 saturated carbocycles. The molecule has 6 heteroatoms. The highest BCUT2D eigenvalue weighted by Crippen LogP contribution is 2.25. The Labute approximate surface area is 137 Å². The maximum Gasteiger partial charge on any atom is 0.213 e. The maximum absolute atomic E-state index is 11.9. The van der Waals surface area contributed by atoms with Gasteiger partial charge in [-0.1, -0.05) is 24.3 Å². The first kappa shape index (κ1) is 16.2. The number of hydrogen-bond donors (Lipinski definition) is 1. The molecule has 1 N–H and O–H groups in total. The first-order valence-electron chi connectivity index (χ1n) is 8.10. The number of aryl methyl sites for hydroxylation is 1. The molecule has 0 amide bonds. The van der Waals surface area contributed by atoms with E-state index in [9.17, 15) is 8.42 Å². The highest BCUT2D eigenvalue weighted by atomic mass is 32.2. The third kappa shape index (κ3) is 3.48. The van der Waals surface area contributed by atoms with Gasteiger partial charge >= 0.3 is 0 Å². The molecule has 2 heterocycles. The molecule has 0 radical (unpaired) electrons. The van der Waals surface area contributed by atoms with E-state index in [1.54, 1.807) is 11.2 Å². The second kappa shape index (κ2) is 6.45. The fourth-order valence-corrected chi connectivity index (χ4v) is 4.23. The predicted octanol–water partition coefficient (Wildman–Crippen LogP) is 2.77. The van der Waals surface area contributed by atoms with Crippen molar-refractivity contribution in [3.63, 3.8) is 0 Å². The van der Waals surface area contributed by atoms with Gasteiger partial charge in [0, 0.05) is 30.2 Å². The molecule has 1 fully saturated rings. The number of benzene rings is 1. The average molecular weight is 333 g/mol. The van der Waals surface area contributed by atoms with Crippen LogP contribution >= 0.6 is 0 Å². The van der Waals surface area contributed by atoms with Crippen LogP contribution in [0.3, 0.4) is 0 Å². The van der Waals surface area contributed by atoms with Gasteiger partial charge in [0.1, 0.15) is 5.82 Å². The van der Waals surface area contributed by atoms with Crippen LogP contribution in [0.1, 0.15) is 25.5 Å². The molecule has 1 aliphatic rings. The quantitative estimate of drug-likeness (QED) is 0.934. The summed E-state index contributed by atoms with van der Waals surface area (Å²) in [5.74, 6) is 1.08. The number of sulfonamides is 1. The Kier molecular flexibility index (Phi) is 4.55. The molecular formula is C17H23N3O2S. The van der Waals surface area contributed by atoms with Crippen molar-refractivity contribution in [3.8, 4) is 0 Å². The van der Waals surface area contributed by atoms with Crippen molar-refractivity contribution in [3.05, 3.63) is 36.0 Å². The van der Waals surface area contributed by atoms with Crippen molar-refractivity contribution in [1.29, 1.82) is 0 Å². The van der Waals surface area contributed by atoms with Crippen molar-refractivity contribution in [2.24, 2.45) is 0 Å². The van der Waals surface area contributed by atoms with Gasteiger partial charge in [-0.2, -0.15) is 0 Å². The van der Waals surface area contributed by atoms with Crippen LogP contribution in [0.15, 0.2) is 30.3 Å². The molecule has 0 aliphatic carbocycles. The Balaban J connectivity index is 1.75. The summed E-state index contributed by atoms with van der Waals surface area (Å²) < 4.78 is 25.5. The zero-order valence-corrected chi connectivity index (χ0v) is 14.4. The number of nitrogens with zero attached hydrogens (tertiary/aromatic N) is 2. The smallest absolute Gasteiger partial charge is 0.213 e. The largest absolute Gasteiger partial charge is 0.367 e. The summed E-state index contributed by atoms with van der Waals surface area (Å²) in [5, 5.41) is 5.81. The van der Waals surface area contributed by atoms with E-state index in [0.717, 1.165) is 29.7 Å². The number of pyridine rings is 1. The molecule has 1 aromatic heterocycles. The lowest BCUT2D eigenvalue weighted by atomic mass is 10.1. The van der Waals surface area contributed by atoms with E-state index in [-0.39, 0.29) is 11.8 Å². The second-order valence-electron chi connectivity index (χ2n) is 6.05. The standard InChI is InChI=1S/C17H23N3O2S/c1-3-23(21,22)20-10-8-15(9-11-20)19-17-16-7-5-4-6-14(16)12-13(2)18-17/h4-7,12,15H,3,8-11H2,1-2H3,(H,18,19). The van der Waals surface area contributed by atoms with E-state index in [1.807, 2.05) is 19.1 Å². The Morgan fingerprint density at radius 2 is 1.96 bits per heavy atom. The molecule has 2 aromatic rings. The average Bonchev–Trinajstić information content (AvgIpc) is 2.55. The minimum atomic E-state index is -3.07. The van der Waals surface area contributed by atoms with E-state index in [2.05, 4.69) is 28.5 Å². The summed E-state index contributed by atoms with van der Waals surface area (Å²) in [5.41, 5.74) is 0.984. The normalized spacial score (nSPS) is 17.5. The van der Waals surface area contributed by atoms with E-state index < -0.39 is 10.0 Å². The SMILES string of the molecule is CCS(=O)(=O)N1CCC(Nc2nc(C)cc3ccccc23)CC1. The number of aromatic nitrogens is 1.